The summed E-state index contributed by atoms with van der Waals surface area (Å²) in [6.45, 7) is 7.23. The van der Waals surface area contributed by atoms with E-state index in [2.05, 4.69) is 25.7 Å². The molecule has 0 fully saturated rings. The predicted molar refractivity (Wildman–Crippen MR) is 184 cm³/mol. The van der Waals surface area contributed by atoms with Crippen molar-refractivity contribution in [3.8, 4) is 0 Å². The molecule has 0 radical (unpaired) electrons. The maximum Gasteiger partial charge on any atom is 0.323 e. The lowest BCUT2D eigenvalue weighted by Crippen LogP contribution is -2.48. The molecule has 0 spiro atoms. The number of para-hydroxylation sites is 1. The van der Waals surface area contributed by atoms with E-state index in [9.17, 15) is 27.9 Å². The summed E-state index contributed by atoms with van der Waals surface area (Å²) < 4.78 is 27.6. The van der Waals surface area contributed by atoms with Gasteiger partial charge in [0.25, 0.3) is 5.91 Å². The van der Waals surface area contributed by atoms with Gasteiger partial charge in [0, 0.05) is 28.9 Å². The van der Waals surface area contributed by atoms with Gasteiger partial charge in [0.2, 0.25) is 10.0 Å². The summed E-state index contributed by atoms with van der Waals surface area (Å²) in [7, 11) is -4.13. The van der Waals surface area contributed by atoms with Gasteiger partial charge in [-0.25, -0.2) is 18.2 Å². The number of aliphatic carboxylic acids is 1. The molecular formula is C35H36N6O6S. The normalized spacial score (nSPS) is 12.3. The second-order valence-corrected chi connectivity index (χ2v) is 13.7. The SMILES string of the molecule is Cc1ccc(S(=O)(=O)NC(CNC(=O)c2ccc3nc(C(C)(C)c4ccc(NC(=O)Nc5ccccc5C)cc4)[nH]c3c2)C(=O)O)cc1. The number of hydrogen-bond donors (Lipinski definition) is 6. The number of sulfonamides is 1. The topological polar surface area (TPSA) is 182 Å². The number of amides is 3. The van der Waals surface area contributed by atoms with Gasteiger partial charge in [-0.05, 0) is 87.4 Å². The molecule has 0 aliphatic rings. The van der Waals surface area contributed by atoms with E-state index in [4.69, 9.17) is 4.98 Å². The van der Waals surface area contributed by atoms with Gasteiger partial charge < -0.3 is 26.0 Å². The van der Waals surface area contributed by atoms with Gasteiger partial charge >= 0.3 is 12.0 Å². The number of rotatable bonds is 11. The number of anilines is 2. The molecular weight excluding hydrogens is 632 g/mol. The van der Waals surface area contributed by atoms with Crippen LogP contribution in [0.15, 0.2) is 95.9 Å². The number of hydrogen-bond acceptors (Lipinski definition) is 6. The smallest absolute Gasteiger partial charge is 0.323 e. The molecule has 0 saturated heterocycles. The molecule has 5 rings (SSSR count). The number of carbonyl (C=O) groups excluding carboxylic acids is 2. The Labute approximate surface area is 278 Å². The van der Waals surface area contributed by atoms with E-state index in [1.54, 1.807) is 37.3 Å². The number of H-pyrrole nitrogens is 1. The number of nitrogens with one attached hydrogen (secondary N) is 5. The molecule has 12 nitrogen and oxygen atoms in total. The first kappa shape index (κ1) is 33.8. The number of carboxylic acids is 1. The number of urea groups is 1. The van der Waals surface area contributed by atoms with E-state index >= 15 is 0 Å². The Bertz CT molecular complexity index is 2090. The number of fused-ring (bicyclic) bond motifs is 1. The summed E-state index contributed by atoms with van der Waals surface area (Å²) in [6, 6.07) is 23.8. The van der Waals surface area contributed by atoms with Crippen molar-refractivity contribution in [3.63, 3.8) is 0 Å². The van der Waals surface area contributed by atoms with E-state index in [1.807, 2.05) is 69.3 Å². The molecule has 4 aromatic carbocycles. The standard InChI is InChI=1S/C35H36N6O6S/c1-21-9-16-26(17-10-21)48(46,47)41-30(32(43)44)20-36-31(42)23-11-18-28-29(19-23)39-33(38-28)35(3,4)24-12-14-25(15-13-24)37-34(45)40-27-8-6-5-7-22(27)2/h5-19,30,41H,20H2,1-4H3,(H,36,42)(H,38,39)(H,43,44)(H2,37,40,45). The Morgan fingerprint density at radius 2 is 1.58 bits per heavy atom. The number of aromatic amines is 1. The van der Waals surface area contributed by atoms with Crippen LogP contribution in [-0.2, 0) is 20.2 Å². The summed E-state index contributed by atoms with van der Waals surface area (Å²) in [5.74, 6) is -1.37. The Kier molecular flexibility index (Phi) is 9.64. The second-order valence-electron chi connectivity index (χ2n) is 11.9. The number of carboxylic acid groups (broad SMARTS) is 1. The van der Waals surface area contributed by atoms with Crippen LogP contribution in [0.5, 0.6) is 0 Å². The van der Waals surface area contributed by atoms with Crippen LogP contribution in [-0.4, -0.2) is 54.0 Å². The van der Waals surface area contributed by atoms with Crippen LogP contribution in [0.1, 0.15) is 46.7 Å². The third kappa shape index (κ3) is 7.70. The van der Waals surface area contributed by atoms with Crippen LogP contribution in [0.2, 0.25) is 0 Å². The number of benzene rings is 4. The molecule has 0 aliphatic carbocycles. The maximum atomic E-state index is 13.0. The maximum absolute atomic E-state index is 13.0. The van der Waals surface area contributed by atoms with Crippen molar-refractivity contribution in [3.05, 3.63) is 119 Å². The van der Waals surface area contributed by atoms with Crippen LogP contribution in [0, 0.1) is 13.8 Å². The van der Waals surface area contributed by atoms with Crippen molar-refractivity contribution in [2.45, 2.75) is 44.0 Å². The van der Waals surface area contributed by atoms with E-state index in [1.165, 1.54) is 12.1 Å². The summed E-state index contributed by atoms with van der Waals surface area (Å²) in [5, 5.41) is 17.8. The predicted octanol–water partition coefficient (Wildman–Crippen LogP) is 5.31. The molecule has 1 atom stereocenters. The Hall–Kier alpha value is -5.53. The highest BCUT2D eigenvalue weighted by Crippen LogP contribution is 2.32. The van der Waals surface area contributed by atoms with Crippen molar-refractivity contribution in [1.29, 1.82) is 0 Å². The highest BCUT2D eigenvalue weighted by molar-refractivity contribution is 7.89. The van der Waals surface area contributed by atoms with Gasteiger partial charge in [0.1, 0.15) is 11.9 Å². The van der Waals surface area contributed by atoms with Crippen LogP contribution in [0.3, 0.4) is 0 Å². The van der Waals surface area contributed by atoms with Crippen molar-refractivity contribution < 1.29 is 27.9 Å². The molecule has 1 heterocycles. The van der Waals surface area contributed by atoms with Crippen LogP contribution >= 0.6 is 0 Å². The summed E-state index contributed by atoms with van der Waals surface area (Å²) in [4.78, 5) is 45.3. The zero-order chi connectivity index (χ0) is 34.6. The average Bonchev–Trinajstić information content (AvgIpc) is 3.49. The number of aromatic nitrogens is 2. The minimum atomic E-state index is -4.13. The zero-order valence-electron chi connectivity index (χ0n) is 26.8. The molecule has 0 aliphatic heterocycles. The number of carbonyl (C=O) groups is 3. The molecule has 1 unspecified atom stereocenters. The minimum Gasteiger partial charge on any atom is -0.480 e. The van der Waals surface area contributed by atoms with Gasteiger partial charge in [0.15, 0.2) is 0 Å². The summed E-state index contributed by atoms with van der Waals surface area (Å²) in [6.07, 6.45) is 0. The van der Waals surface area contributed by atoms with Gasteiger partial charge in [-0.2, -0.15) is 4.72 Å². The minimum absolute atomic E-state index is 0.0805. The van der Waals surface area contributed by atoms with E-state index in [-0.39, 0.29) is 16.5 Å². The fourth-order valence-corrected chi connectivity index (χ4v) is 6.19. The molecule has 248 valence electrons. The van der Waals surface area contributed by atoms with E-state index in [0.29, 0.717) is 22.5 Å². The number of aryl methyl sites for hydroxylation is 2. The lowest BCUT2D eigenvalue weighted by atomic mass is 9.84. The highest BCUT2D eigenvalue weighted by Gasteiger charge is 2.28. The molecule has 5 aromatic rings. The highest BCUT2D eigenvalue weighted by atomic mass is 32.2. The van der Waals surface area contributed by atoms with Gasteiger partial charge in [0.05, 0.1) is 15.9 Å². The third-order valence-electron chi connectivity index (χ3n) is 7.99. The molecule has 13 heteroatoms. The first-order valence-corrected chi connectivity index (χ1v) is 16.6. The number of nitrogens with zero attached hydrogens (tertiary/aromatic N) is 1. The Balaban J connectivity index is 1.24. The quantitative estimate of drug-likeness (QED) is 0.110. The van der Waals surface area contributed by atoms with Crippen molar-refractivity contribution in [2.24, 2.45) is 0 Å². The summed E-state index contributed by atoms with van der Waals surface area (Å²) >= 11 is 0. The van der Waals surface area contributed by atoms with Crippen molar-refractivity contribution in [1.82, 2.24) is 20.0 Å². The lowest BCUT2D eigenvalue weighted by Gasteiger charge is -2.23. The molecule has 3 amide bonds. The lowest BCUT2D eigenvalue weighted by molar-refractivity contribution is -0.138. The zero-order valence-corrected chi connectivity index (χ0v) is 27.6. The average molecular weight is 669 g/mol. The molecule has 0 bridgehead atoms. The number of imidazole rings is 1. The van der Waals surface area contributed by atoms with Crippen LogP contribution in [0.4, 0.5) is 16.2 Å². The summed E-state index contributed by atoms with van der Waals surface area (Å²) in [5.41, 5.74) is 4.95. The molecule has 6 N–H and O–H groups in total. The molecule has 48 heavy (non-hydrogen) atoms. The first-order chi connectivity index (χ1) is 22.7. The van der Waals surface area contributed by atoms with Gasteiger partial charge in [-0.1, -0.05) is 48.0 Å². The van der Waals surface area contributed by atoms with Gasteiger partial charge in [-0.3, -0.25) is 9.59 Å². The third-order valence-corrected chi connectivity index (χ3v) is 9.47. The second kappa shape index (κ2) is 13.7. The Morgan fingerprint density at radius 1 is 0.896 bits per heavy atom. The van der Waals surface area contributed by atoms with Crippen LogP contribution in [0.25, 0.3) is 11.0 Å². The van der Waals surface area contributed by atoms with E-state index < -0.39 is 39.9 Å². The fraction of sp³-hybridized carbons (Fsp3) is 0.200. The molecule has 0 saturated carbocycles. The van der Waals surface area contributed by atoms with E-state index in [0.717, 1.165) is 22.4 Å². The molecule has 1 aromatic heterocycles. The van der Waals surface area contributed by atoms with Crippen LogP contribution < -0.4 is 20.7 Å². The fourth-order valence-electron chi connectivity index (χ4n) is 5.00. The van der Waals surface area contributed by atoms with Gasteiger partial charge in [-0.15, -0.1) is 0 Å². The monoisotopic (exact) mass is 668 g/mol. The van der Waals surface area contributed by atoms with Crippen molar-refractivity contribution >= 4 is 50.3 Å². The first-order valence-electron chi connectivity index (χ1n) is 15.1. The Morgan fingerprint density at radius 3 is 2.25 bits per heavy atom. The van der Waals surface area contributed by atoms with Crippen molar-refractivity contribution in [2.75, 3.05) is 17.2 Å². The largest absolute Gasteiger partial charge is 0.480 e.